The molecule has 2 N–H and O–H groups in total. The maximum atomic E-state index is 6.03. The van der Waals surface area contributed by atoms with Crippen LogP contribution < -0.4 is 5.73 Å². The van der Waals surface area contributed by atoms with Gasteiger partial charge in [-0.1, -0.05) is 27.7 Å². The average Bonchev–Trinajstić information content (AvgIpc) is 2.26. The smallest absolute Gasteiger partial charge is 0.0933 e. The Bertz CT molecular complexity index is 309. The number of anilines is 1. The van der Waals surface area contributed by atoms with Crippen molar-refractivity contribution >= 4 is 33.0 Å². The molecule has 0 atom stereocenters. The van der Waals surface area contributed by atoms with Crippen molar-refractivity contribution < 1.29 is 0 Å². The molecular formula is C10H16BrNS. The van der Waals surface area contributed by atoms with Gasteiger partial charge in [-0.15, -0.1) is 11.3 Å². The Hall–Kier alpha value is -0.0200. The number of hydrogen-bond acceptors (Lipinski definition) is 2. The van der Waals surface area contributed by atoms with Crippen LogP contribution in [0.5, 0.6) is 0 Å². The fourth-order valence-corrected chi connectivity index (χ4v) is 3.41. The Morgan fingerprint density at radius 1 is 1.38 bits per heavy atom. The maximum absolute atomic E-state index is 6.03. The molecule has 3 heteroatoms. The molecule has 0 spiro atoms. The highest BCUT2D eigenvalue weighted by atomic mass is 79.9. The van der Waals surface area contributed by atoms with Crippen molar-refractivity contribution in [3.8, 4) is 0 Å². The van der Waals surface area contributed by atoms with E-state index in [1.807, 2.05) is 0 Å². The lowest BCUT2D eigenvalue weighted by Crippen LogP contribution is -2.14. The van der Waals surface area contributed by atoms with Crippen LogP contribution in [0.1, 0.15) is 38.1 Å². The van der Waals surface area contributed by atoms with E-state index in [4.69, 9.17) is 5.73 Å². The van der Waals surface area contributed by atoms with E-state index in [0.29, 0.717) is 0 Å². The summed E-state index contributed by atoms with van der Waals surface area (Å²) in [6.45, 7) is 8.79. The van der Waals surface area contributed by atoms with Crippen molar-refractivity contribution in [1.82, 2.24) is 0 Å². The highest BCUT2D eigenvalue weighted by Crippen LogP contribution is 2.42. The van der Waals surface area contributed by atoms with Crippen LogP contribution in [0.4, 0.5) is 5.69 Å². The molecule has 0 bridgehead atoms. The molecule has 74 valence electrons. The molecule has 0 saturated carbocycles. The molecule has 0 aliphatic carbocycles. The van der Waals surface area contributed by atoms with Crippen LogP contribution in [-0.2, 0) is 11.8 Å². The Morgan fingerprint density at radius 2 is 1.92 bits per heavy atom. The van der Waals surface area contributed by atoms with Gasteiger partial charge < -0.3 is 5.73 Å². The molecule has 0 aliphatic rings. The van der Waals surface area contributed by atoms with E-state index in [2.05, 4.69) is 43.6 Å². The molecular weight excluding hydrogens is 246 g/mol. The number of thiophene rings is 1. The predicted molar refractivity (Wildman–Crippen MR) is 64.5 cm³/mol. The molecule has 1 aromatic heterocycles. The summed E-state index contributed by atoms with van der Waals surface area (Å²) in [4.78, 5) is 1.40. The summed E-state index contributed by atoms with van der Waals surface area (Å²) >= 11 is 5.25. The van der Waals surface area contributed by atoms with Gasteiger partial charge in [0.05, 0.1) is 9.47 Å². The Kier molecular flexibility index (Phi) is 3.08. The zero-order chi connectivity index (χ0) is 10.2. The van der Waals surface area contributed by atoms with Crippen molar-refractivity contribution in [2.45, 2.75) is 39.5 Å². The van der Waals surface area contributed by atoms with Crippen LogP contribution in [-0.4, -0.2) is 0 Å². The SMILES string of the molecule is CCc1sc(Br)c(N)c1C(C)(C)C. The molecule has 0 saturated heterocycles. The molecule has 0 fully saturated rings. The summed E-state index contributed by atoms with van der Waals surface area (Å²) in [6, 6.07) is 0. The van der Waals surface area contributed by atoms with Gasteiger partial charge in [-0.05, 0) is 33.3 Å². The Labute approximate surface area is 92.5 Å². The first-order valence-corrected chi connectivity index (χ1v) is 6.06. The minimum absolute atomic E-state index is 0.151. The van der Waals surface area contributed by atoms with Crippen LogP contribution in [0.3, 0.4) is 0 Å². The van der Waals surface area contributed by atoms with Crippen molar-refractivity contribution in [2.24, 2.45) is 0 Å². The molecule has 13 heavy (non-hydrogen) atoms. The molecule has 0 unspecified atom stereocenters. The summed E-state index contributed by atoms with van der Waals surface area (Å²) in [7, 11) is 0. The van der Waals surface area contributed by atoms with Crippen molar-refractivity contribution in [2.75, 3.05) is 5.73 Å². The summed E-state index contributed by atoms with van der Waals surface area (Å²) in [6.07, 6.45) is 1.06. The molecule has 0 aliphatic heterocycles. The zero-order valence-electron chi connectivity index (χ0n) is 8.57. The lowest BCUT2D eigenvalue weighted by atomic mass is 9.86. The summed E-state index contributed by atoms with van der Waals surface area (Å²) in [5, 5.41) is 0. The first-order chi connectivity index (χ1) is 5.88. The van der Waals surface area contributed by atoms with Crippen LogP contribution in [0, 0.1) is 0 Å². The standard InChI is InChI=1S/C10H16BrNS/c1-5-6-7(10(2,3)4)8(12)9(11)13-6/h5,12H2,1-4H3. The summed E-state index contributed by atoms with van der Waals surface area (Å²) < 4.78 is 1.08. The second-order valence-corrected chi connectivity index (χ2v) is 6.61. The van der Waals surface area contributed by atoms with Crippen LogP contribution in [0.2, 0.25) is 0 Å². The molecule has 0 aromatic carbocycles. The van der Waals surface area contributed by atoms with E-state index < -0.39 is 0 Å². The van der Waals surface area contributed by atoms with E-state index in [-0.39, 0.29) is 5.41 Å². The third kappa shape index (κ3) is 2.08. The first-order valence-electron chi connectivity index (χ1n) is 4.45. The van der Waals surface area contributed by atoms with Crippen LogP contribution in [0.25, 0.3) is 0 Å². The predicted octanol–water partition coefficient (Wildman–Crippen LogP) is 3.95. The largest absolute Gasteiger partial charge is 0.397 e. The van der Waals surface area contributed by atoms with Gasteiger partial charge in [0, 0.05) is 4.88 Å². The number of hydrogen-bond donors (Lipinski definition) is 1. The number of aryl methyl sites for hydroxylation is 1. The second-order valence-electron chi connectivity index (χ2n) is 4.19. The third-order valence-electron chi connectivity index (χ3n) is 2.04. The minimum Gasteiger partial charge on any atom is -0.397 e. The number of nitrogens with two attached hydrogens (primary N) is 1. The number of rotatable bonds is 1. The number of halogens is 1. The van der Waals surface area contributed by atoms with Crippen molar-refractivity contribution in [1.29, 1.82) is 0 Å². The topological polar surface area (TPSA) is 26.0 Å². The monoisotopic (exact) mass is 261 g/mol. The Morgan fingerprint density at radius 3 is 2.23 bits per heavy atom. The fourth-order valence-electron chi connectivity index (χ4n) is 1.53. The quantitative estimate of drug-likeness (QED) is 0.814. The van der Waals surface area contributed by atoms with E-state index in [1.54, 1.807) is 11.3 Å². The molecule has 1 heterocycles. The van der Waals surface area contributed by atoms with Gasteiger partial charge in [0.2, 0.25) is 0 Å². The molecule has 1 rings (SSSR count). The lowest BCUT2D eigenvalue weighted by Gasteiger charge is -2.20. The van der Waals surface area contributed by atoms with Gasteiger partial charge in [0.1, 0.15) is 0 Å². The normalized spacial score (nSPS) is 12.1. The fraction of sp³-hybridized carbons (Fsp3) is 0.600. The summed E-state index contributed by atoms with van der Waals surface area (Å²) in [5.41, 5.74) is 8.42. The highest BCUT2D eigenvalue weighted by Gasteiger charge is 2.24. The molecule has 0 amide bonds. The minimum atomic E-state index is 0.151. The average molecular weight is 262 g/mol. The van der Waals surface area contributed by atoms with Crippen LogP contribution in [0.15, 0.2) is 3.79 Å². The third-order valence-corrected chi connectivity index (χ3v) is 4.09. The van der Waals surface area contributed by atoms with Gasteiger partial charge in [-0.3, -0.25) is 0 Å². The van der Waals surface area contributed by atoms with E-state index in [1.165, 1.54) is 10.4 Å². The van der Waals surface area contributed by atoms with Gasteiger partial charge in [-0.25, -0.2) is 0 Å². The highest BCUT2D eigenvalue weighted by molar-refractivity contribution is 9.11. The van der Waals surface area contributed by atoms with E-state index >= 15 is 0 Å². The Balaban J connectivity index is 3.33. The molecule has 1 nitrogen and oxygen atoms in total. The second kappa shape index (κ2) is 3.62. The summed E-state index contributed by atoms with van der Waals surface area (Å²) in [5.74, 6) is 0. The lowest BCUT2D eigenvalue weighted by molar-refractivity contribution is 0.589. The van der Waals surface area contributed by atoms with Gasteiger partial charge in [0.15, 0.2) is 0 Å². The van der Waals surface area contributed by atoms with Gasteiger partial charge in [0.25, 0.3) is 0 Å². The van der Waals surface area contributed by atoms with Gasteiger partial charge >= 0.3 is 0 Å². The molecule has 1 aromatic rings. The number of nitrogen functional groups attached to an aromatic ring is 1. The van der Waals surface area contributed by atoms with E-state index in [9.17, 15) is 0 Å². The first kappa shape index (κ1) is 11.1. The van der Waals surface area contributed by atoms with Gasteiger partial charge in [-0.2, -0.15) is 0 Å². The molecule has 0 radical (unpaired) electrons. The van der Waals surface area contributed by atoms with E-state index in [0.717, 1.165) is 15.9 Å². The van der Waals surface area contributed by atoms with Crippen molar-refractivity contribution in [3.05, 3.63) is 14.2 Å². The zero-order valence-corrected chi connectivity index (χ0v) is 11.0. The maximum Gasteiger partial charge on any atom is 0.0933 e. The van der Waals surface area contributed by atoms with Crippen molar-refractivity contribution in [3.63, 3.8) is 0 Å². The van der Waals surface area contributed by atoms with Crippen LogP contribution >= 0.6 is 27.3 Å².